The molecule has 176 valence electrons. The molecule has 3 heterocycles. The first-order valence-electron chi connectivity index (χ1n) is 10.6. The van der Waals surface area contributed by atoms with E-state index in [1.165, 1.54) is 32.6 Å². The highest BCUT2D eigenvalue weighted by molar-refractivity contribution is 7.86. The fraction of sp³-hybridized carbons (Fsp3) is 0.591. The summed E-state index contributed by atoms with van der Waals surface area (Å²) in [6, 6.07) is 5.22. The van der Waals surface area contributed by atoms with Crippen molar-refractivity contribution in [2.45, 2.75) is 83.7 Å². The van der Waals surface area contributed by atoms with Gasteiger partial charge in [0.05, 0.1) is 17.1 Å². The van der Waals surface area contributed by atoms with Gasteiger partial charge in [-0.1, -0.05) is 62.3 Å². The van der Waals surface area contributed by atoms with Crippen molar-refractivity contribution in [2.75, 3.05) is 0 Å². The normalized spacial score (nSPS) is 14.2. The lowest BCUT2D eigenvalue weighted by molar-refractivity contribution is 0.194. The van der Waals surface area contributed by atoms with Crippen LogP contribution in [-0.4, -0.2) is 42.3 Å². The van der Waals surface area contributed by atoms with Crippen molar-refractivity contribution in [3.05, 3.63) is 53.9 Å². The Kier molecular flexibility index (Phi) is 5.50. The summed E-state index contributed by atoms with van der Waals surface area (Å²) in [5.74, 6) is 0. The molecule has 0 atom stereocenters. The summed E-state index contributed by atoms with van der Waals surface area (Å²) < 4.78 is 40.8. The zero-order valence-corrected chi connectivity index (χ0v) is 21.1. The summed E-state index contributed by atoms with van der Waals surface area (Å²) in [7, 11) is -4.88. The topological polar surface area (TPSA) is 108 Å². The zero-order chi connectivity index (χ0) is 24.3. The molecule has 3 rings (SSSR count). The largest absolute Gasteiger partial charge is 0.380 e. The van der Waals surface area contributed by atoms with Crippen LogP contribution in [0.4, 0.5) is 0 Å². The van der Waals surface area contributed by atoms with E-state index in [4.69, 9.17) is 0 Å². The molecule has 3 aromatic rings. The van der Waals surface area contributed by atoms with Gasteiger partial charge in [0.1, 0.15) is 0 Å². The predicted octanol–water partition coefficient (Wildman–Crippen LogP) is 3.72. The minimum atomic E-state index is -4.88. The van der Waals surface area contributed by atoms with Crippen LogP contribution >= 0.6 is 0 Å². The Morgan fingerprint density at radius 1 is 0.625 bits per heavy atom. The Balaban J connectivity index is 2.41. The highest BCUT2D eigenvalue weighted by Gasteiger charge is 2.53. The van der Waals surface area contributed by atoms with E-state index in [1.54, 1.807) is 18.2 Å². The molecule has 10 heteroatoms. The van der Waals surface area contributed by atoms with Crippen molar-refractivity contribution in [1.29, 1.82) is 0 Å². The molecule has 0 aromatic carbocycles. The van der Waals surface area contributed by atoms with Crippen LogP contribution in [-0.2, 0) is 31.5 Å². The van der Waals surface area contributed by atoms with E-state index in [9.17, 15) is 13.0 Å². The number of hydrogen-bond donors (Lipinski definition) is 1. The molecule has 0 aliphatic rings. The Morgan fingerprint density at radius 2 is 0.875 bits per heavy atom. The van der Waals surface area contributed by atoms with Gasteiger partial charge in [-0.25, -0.2) is 14.0 Å². The van der Waals surface area contributed by atoms with E-state index in [2.05, 4.69) is 15.3 Å². The molecule has 32 heavy (non-hydrogen) atoms. The molecule has 9 nitrogen and oxygen atoms in total. The highest BCUT2D eigenvalue weighted by Crippen LogP contribution is 2.32. The SMILES string of the molecule is CC(C)(C)c1ccn(C(n2ccc(C(C)(C)C)n2)(n2ccc(C(C)(C)C)n2)S(=O)(=O)O)n1. The third kappa shape index (κ3) is 4.01. The fourth-order valence-corrected chi connectivity index (χ4v) is 4.34. The Morgan fingerprint density at radius 3 is 1.03 bits per heavy atom. The molecule has 3 aromatic heterocycles. The minimum Gasteiger partial charge on any atom is -0.281 e. The van der Waals surface area contributed by atoms with E-state index in [-0.39, 0.29) is 16.2 Å². The first-order chi connectivity index (χ1) is 14.4. The second-order valence-electron chi connectivity index (χ2n) is 11.2. The molecular formula is C22H34N6O3S. The Labute approximate surface area is 190 Å². The second-order valence-corrected chi connectivity index (χ2v) is 12.7. The van der Waals surface area contributed by atoms with Gasteiger partial charge in [0, 0.05) is 34.8 Å². The standard InChI is InChI=1S/C22H34N6O3S/c1-19(2,3)16-10-13-26(23-16)22(32(29,30)31,27-14-11-17(24-27)20(4,5)6)28-15-12-18(25-28)21(7,8)9/h10-15H,1-9H3,(H,29,30,31). The van der Waals surface area contributed by atoms with Crippen molar-refractivity contribution < 1.29 is 13.0 Å². The summed E-state index contributed by atoms with van der Waals surface area (Å²) in [6.45, 7) is 17.8. The molecule has 0 spiro atoms. The predicted molar refractivity (Wildman–Crippen MR) is 123 cm³/mol. The van der Waals surface area contributed by atoms with Crippen molar-refractivity contribution in [2.24, 2.45) is 0 Å². The third-order valence-corrected chi connectivity index (χ3v) is 6.57. The molecular weight excluding hydrogens is 428 g/mol. The van der Waals surface area contributed by atoms with Crippen LogP contribution in [0, 0.1) is 0 Å². The Hall–Kier alpha value is -2.46. The van der Waals surface area contributed by atoms with E-state index >= 15 is 0 Å². The van der Waals surface area contributed by atoms with Gasteiger partial charge in [0.25, 0.3) is 0 Å². The molecule has 0 saturated carbocycles. The summed E-state index contributed by atoms with van der Waals surface area (Å²) >= 11 is 0. The quantitative estimate of drug-likeness (QED) is 0.592. The molecule has 1 N–H and O–H groups in total. The Bertz CT molecular complexity index is 1090. The molecule has 0 saturated heterocycles. The van der Waals surface area contributed by atoms with Crippen LogP contribution in [0.3, 0.4) is 0 Å². The monoisotopic (exact) mass is 462 g/mol. The second kappa shape index (κ2) is 7.28. The van der Waals surface area contributed by atoms with E-state index < -0.39 is 15.2 Å². The molecule has 0 amide bonds. The third-order valence-electron chi connectivity index (χ3n) is 5.31. The lowest BCUT2D eigenvalue weighted by Gasteiger charge is -2.32. The van der Waals surface area contributed by atoms with Crippen molar-refractivity contribution in [3.63, 3.8) is 0 Å². The van der Waals surface area contributed by atoms with Crippen LogP contribution in [0.5, 0.6) is 0 Å². The maximum absolute atomic E-state index is 13.2. The smallest absolute Gasteiger partial charge is 0.281 e. The van der Waals surface area contributed by atoms with Crippen LogP contribution in [0.15, 0.2) is 36.8 Å². The van der Waals surface area contributed by atoms with Crippen LogP contribution in [0.1, 0.15) is 79.4 Å². The van der Waals surface area contributed by atoms with Gasteiger partial charge in [-0.3, -0.25) is 4.55 Å². The van der Waals surface area contributed by atoms with Crippen molar-refractivity contribution in [1.82, 2.24) is 29.3 Å². The van der Waals surface area contributed by atoms with Crippen LogP contribution < -0.4 is 0 Å². The number of nitrogens with zero attached hydrogens (tertiary/aromatic N) is 6. The van der Waals surface area contributed by atoms with Crippen molar-refractivity contribution >= 4 is 10.1 Å². The van der Waals surface area contributed by atoms with Gasteiger partial charge >= 0.3 is 15.2 Å². The summed E-state index contributed by atoms with van der Waals surface area (Å²) in [5.41, 5.74) is 0.984. The molecule has 0 bridgehead atoms. The van der Waals surface area contributed by atoms with Gasteiger partial charge < -0.3 is 0 Å². The lowest BCUT2D eigenvalue weighted by Crippen LogP contribution is -2.55. The highest BCUT2D eigenvalue weighted by atomic mass is 32.2. The summed E-state index contributed by atoms with van der Waals surface area (Å²) in [5, 5.41) is 11.4. The lowest BCUT2D eigenvalue weighted by atomic mass is 9.93. The fourth-order valence-electron chi connectivity index (χ4n) is 3.33. The molecule has 0 unspecified atom stereocenters. The van der Waals surface area contributed by atoms with Crippen molar-refractivity contribution in [3.8, 4) is 0 Å². The van der Waals surface area contributed by atoms with E-state index in [0.29, 0.717) is 17.1 Å². The molecule has 0 radical (unpaired) electrons. The number of hydrogen-bond acceptors (Lipinski definition) is 5. The molecule has 0 fully saturated rings. The minimum absolute atomic E-state index is 0.336. The molecule has 0 aliphatic heterocycles. The van der Waals surface area contributed by atoms with Gasteiger partial charge in [0.15, 0.2) is 0 Å². The van der Waals surface area contributed by atoms with E-state index in [1.807, 2.05) is 62.3 Å². The van der Waals surface area contributed by atoms with Crippen LogP contribution in [0.2, 0.25) is 0 Å². The number of rotatable bonds is 4. The number of aromatic nitrogens is 6. The maximum atomic E-state index is 13.2. The van der Waals surface area contributed by atoms with Crippen LogP contribution in [0.25, 0.3) is 0 Å². The van der Waals surface area contributed by atoms with Gasteiger partial charge in [-0.2, -0.15) is 23.7 Å². The van der Waals surface area contributed by atoms with Gasteiger partial charge in [-0.15, -0.1) is 0 Å². The average Bonchev–Trinajstić information content (AvgIpc) is 3.34. The first-order valence-corrected chi connectivity index (χ1v) is 12.0. The van der Waals surface area contributed by atoms with E-state index in [0.717, 1.165) is 0 Å². The van der Waals surface area contributed by atoms with Gasteiger partial charge in [-0.05, 0) is 18.2 Å². The van der Waals surface area contributed by atoms with Gasteiger partial charge in [0.2, 0.25) is 0 Å². The molecule has 0 aliphatic carbocycles. The summed E-state index contributed by atoms with van der Waals surface area (Å²) in [6.07, 6.45) is 4.60. The maximum Gasteiger partial charge on any atom is 0.380 e. The first kappa shape index (κ1) is 24.2. The summed E-state index contributed by atoms with van der Waals surface area (Å²) in [4.78, 5) is 0. The zero-order valence-electron chi connectivity index (χ0n) is 20.3. The average molecular weight is 463 g/mol.